The molecular weight excluding hydrogens is 368 g/mol. The molecule has 2 aromatic heterocycles. The van der Waals surface area contributed by atoms with Crippen LogP contribution in [-0.2, 0) is 4.79 Å². The minimum absolute atomic E-state index is 0.00292. The molecule has 4 rings (SSSR count). The van der Waals surface area contributed by atoms with Gasteiger partial charge in [-0.25, -0.2) is 4.98 Å². The second kappa shape index (κ2) is 7.71. The molecule has 0 radical (unpaired) electrons. The number of ether oxygens (including phenoxy) is 1. The molecule has 3 N–H and O–H groups in total. The first-order valence-corrected chi connectivity index (χ1v) is 9.27. The normalized spacial score (nSPS) is 13.0. The van der Waals surface area contributed by atoms with Crippen LogP contribution in [0.25, 0.3) is 22.3 Å². The third-order valence-electron chi connectivity index (χ3n) is 4.90. The van der Waals surface area contributed by atoms with E-state index in [1.807, 2.05) is 30.3 Å². The summed E-state index contributed by atoms with van der Waals surface area (Å²) in [6.07, 6.45) is 6.51. The highest BCUT2D eigenvalue weighted by Crippen LogP contribution is 2.38. The van der Waals surface area contributed by atoms with E-state index in [0.717, 1.165) is 29.7 Å². The van der Waals surface area contributed by atoms with Crippen LogP contribution in [0.1, 0.15) is 23.2 Å². The fraction of sp³-hybridized carbons (Fsp3) is 0.182. The molecule has 2 amide bonds. The van der Waals surface area contributed by atoms with Gasteiger partial charge in [-0.1, -0.05) is 12.1 Å². The van der Waals surface area contributed by atoms with Crippen LogP contribution in [0.2, 0.25) is 0 Å². The molecule has 1 aliphatic rings. The van der Waals surface area contributed by atoms with Crippen LogP contribution < -0.4 is 15.8 Å². The van der Waals surface area contributed by atoms with E-state index < -0.39 is 5.91 Å². The van der Waals surface area contributed by atoms with E-state index in [1.165, 1.54) is 6.20 Å². The topological polar surface area (TPSA) is 107 Å². The molecule has 1 aliphatic carbocycles. The summed E-state index contributed by atoms with van der Waals surface area (Å²) in [5, 5.41) is 2.86. The zero-order valence-electron chi connectivity index (χ0n) is 15.9. The average molecular weight is 388 g/mol. The van der Waals surface area contributed by atoms with Gasteiger partial charge in [0.2, 0.25) is 11.8 Å². The van der Waals surface area contributed by atoms with Crippen LogP contribution >= 0.6 is 0 Å². The number of anilines is 1. The van der Waals surface area contributed by atoms with Gasteiger partial charge in [-0.15, -0.1) is 0 Å². The van der Waals surface area contributed by atoms with Crippen molar-refractivity contribution in [1.82, 2.24) is 9.97 Å². The molecule has 3 aromatic rings. The van der Waals surface area contributed by atoms with Gasteiger partial charge in [-0.3, -0.25) is 14.6 Å². The van der Waals surface area contributed by atoms with E-state index in [9.17, 15) is 9.59 Å². The lowest BCUT2D eigenvalue weighted by Crippen LogP contribution is -2.18. The highest BCUT2D eigenvalue weighted by Gasteiger charge is 2.31. The Morgan fingerprint density at radius 2 is 1.83 bits per heavy atom. The molecule has 146 valence electrons. The summed E-state index contributed by atoms with van der Waals surface area (Å²) < 4.78 is 5.23. The van der Waals surface area contributed by atoms with Crippen LogP contribution in [0.4, 0.5) is 5.82 Å². The Bertz CT molecular complexity index is 1080. The fourth-order valence-electron chi connectivity index (χ4n) is 3.21. The second-order valence-electron chi connectivity index (χ2n) is 6.86. The number of aromatic nitrogens is 2. The molecule has 0 aliphatic heterocycles. The van der Waals surface area contributed by atoms with Gasteiger partial charge in [0.05, 0.1) is 12.7 Å². The van der Waals surface area contributed by atoms with Gasteiger partial charge in [0.25, 0.3) is 0 Å². The number of nitrogens with two attached hydrogens (primary N) is 1. The maximum atomic E-state index is 12.4. The van der Waals surface area contributed by atoms with Gasteiger partial charge in [0.1, 0.15) is 11.6 Å². The predicted octanol–water partition coefficient (Wildman–Crippen LogP) is 3.27. The van der Waals surface area contributed by atoms with E-state index in [0.29, 0.717) is 16.9 Å². The van der Waals surface area contributed by atoms with Crippen molar-refractivity contribution in [3.63, 3.8) is 0 Å². The zero-order valence-corrected chi connectivity index (χ0v) is 15.9. The minimum atomic E-state index is -0.603. The highest BCUT2D eigenvalue weighted by atomic mass is 16.5. The number of hydrogen-bond donors (Lipinski definition) is 2. The lowest BCUT2D eigenvalue weighted by atomic mass is 9.93. The zero-order chi connectivity index (χ0) is 20.4. The number of carbonyl (C=O) groups is 2. The average Bonchev–Trinajstić information content (AvgIpc) is 3.59. The summed E-state index contributed by atoms with van der Waals surface area (Å²) in [7, 11) is 1.61. The molecule has 7 heteroatoms. The number of nitrogens with zero attached hydrogens (tertiary/aromatic N) is 2. The number of benzene rings is 1. The van der Waals surface area contributed by atoms with Crippen molar-refractivity contribution in [2.24, 2.45) is 11.7 Å². The van der Waals surface area contributed by atoms with Crippen molar-refractivity contribution < 1.29 is 14.3 Å². The summed E-state index contributed by atoms with van der Waals surface area (Å²) >= 11 is 0. The van der Waals surface area contributed by atoms with E-state index in [4.69, 9.17) is 10.5 Å². The molecule has 29 heavy (non-hydrogen) atoms. The third-order valence-corrected chi connectivity index (χ3v) is 4.90. The number of amides is 2. The van der Waals surface area contributed by atoms with Crippen LogP contribution in [0.15, 0.2) is 55.0 Å². The first-order valence-electron chi connectivity index (χ1n) is 9.27. The van der Waals surface area contributed by atoms with Gasteiger partial charge in [-0.05, 0) is 48.2 Å². The van der Waals surface area contributed by atoms with Crippen molar-refractivity contribution in [1.29, 1.82) is 0 Å². The van der Waals surface area contributed by atoms with Gasteiger partial charge >= 0.3 is 0 Å². The Kier molecular flexibility index (Phi) is 4.95. The molecule has 1 fully saturated rings. The standard InChI is InChI=1S/C22H20N4O3/c1-29-15-6-4-13(5-7-15)16-8-10-24-12-18(16)19-17(20(23)27)9-11-25-21(19)26-22(28)14-2-3-14/h4-12,14H,2-3H2,1H3,(H2,23,27)(H,25,26,28). The maximum absolute atomic E-state index is 12.4. The van der Waals surface area contributed by atoms with Crippen LogP contribution in [0, 0.1) is 5.92 Å². The largest absolute Gasteiger partial charge is 0.497 e. The molecule has 0 unspecified atom stereocenters. The van der Waals surface area contributed by atoms with E-state index in [1.54, 1.807) is 25.6 Å². The number of hydrogen-bond acceptors (Lipinski definition) is 5. The summed E-state index contributed by atoms with van der Waals surface area (Å²) in [5.41, 5.74) is 8.77. The van der Waals surface area contributed by atoms with Crippen molar-refractivity contribution in [3.05, 3.63) is 60.6 Å². The van der Waals surface area contributed by atoms with E-state index >= 15 is 0 Å². The molecule has 0 atom stereocenters. The number of rotatable bonds is 6. The Labute approximate surface area is 167 Å². The van der Waals surface area contributed by atoms with Crippen molar-refractivity contribution in [2.45, 2.75) is 12.8 Å². The smallest absolute Gasteiger partial charge is 0.249 e. The maximum Gasteiger partial charge on any atom is 0.249 e. The van der Waals surface area contributed by atoms with Gasteiger partial charge in [0, 0.05) is 35.6 Å². The Hall–Kier alpha value is -3.74. The Balaban J connectivity index is 1.87. The SMILES string of the molecule is COc1ccc(-c2ccncc2-c2c(C(N)=O)ccnc2NC(=O)C2CC2)cc1. The first kappa shape index (κ1) is 18.6. The number of methoxy groups -OCH3 is 1. The fourth-order valence-corrected chi connectivity index (χ4v) is 3.21. The molecule has 0 bridgehead atoms. The van der Waals surface area contributed by atoms with Gasteiger partial charge in [0.15, 0.2) is 0 Å². The molecule has 1 aromatic carbocycles. The quantitative estimate of drug-likeness (QED) is 0.674. The molecule has 2 heterocycles. The van der Waals surface area contributed by atoms with Crippen molar-refractivity contribution in [2.75, 3.05) is 12.4 Å². The second-order valence-corrected chi connectivity index (χ2v) is 6.86. The van der Waals surface area contributed by atoms with Crippen LogP contribution in [0.3, 0.4) is 0 Å². The summed E-state index contributed by atoms with van der Waals surface area (Å²) in [6.45, 7) is 0. The first-order chi connectivity index (χ1) is 14.1. The third kappa shape index (κ3) is 3.80. The highest BCUT2D eigenvalue weighted by molar-refractivity contribution is 6.07. The summed E-state index contributed by atoms with van der Waals surface area (Å²) in [5.74, 6) is 0.336. The molecule has 7 nitrogen and oxygen atoms in total. The van der Waals surface area contributed by atoms with E-state index in [2.05, 4.69) is 15.3 Å². The van der Waals surface area contributed by atoms with Gasteiger partial charge in [-0.2, -0.15) is 0 Å². The van der Waals surface area contributed by atoms with Crippen molar-refractivity contribution in [3.8, 4) is 28.0 Å². The van der Waals surface area contributed by atoms with Crippen LogP contribution in [0.5, 0.6) is 5.75 Å². The number of nitrogens with one attached hydrogen (secondary N) is 1. The number of pyridine rings is 2. The monoisotopic (exact) mass is 388 g/mol. The number of carbonyl (C=O) groups excluding carboxylic acids is 2. The molecular formula is C22H20N4O3. The lowest BCUT2D eigenvalue weighted by Gasteiger charge is -2.16. The van der Waals surface area contributed by atoms with Crippen LogP contribution in [-0.4, -0.2) is 28.9 Å². The lowest BCUT2D eigenvalue weighted by molar-refractivity contribution is -0.117. The van der Waals surface area contributed by atoms with Crippen molar-refractivity contribution >= 4 is 17.6 Å². The number of primary amides is 1. The van der Waals surface area contributed by atoms with E-state index in [-0.39, 0.29) is 17.4 Å². The molecule has 1 saturated carbocycles. The molecule has 0 spiro atoms. The Morgan fingerprint density at radius 3 is 2.48 bits per heavy atom. The summed E-state index contributed by atoms with van der Waals surface area (Å²) in [4.78, 5) is 33.1. The van der Waals surface area contributed by atoms with Gasteiger partial charge < -0.3 is 15.8 Å². The predicted molar refractivity (Wildman–Crippen MR) is 109 cm³/mol. The molecule has 0 saturated heterocycles. The summed E-state index contributed by atoms with van der Waals surface area (Å²) in [6, 6.07) is 10.9. The minimum Gasteiger partial charge on any atom is -0.497 e. The Morgan fingerprint density at radius 1 is 1.07 bits per heavy atom.